The first-order valence-corrected chi connectivity index (χ1v) is 6.82. The Morgan fingerprint density at radius 3 is 2.63 bits per heavy atom. The monoisotopic (exact) mass is 282 g/mol. The Morgan fingerprint density at radius 1 is 1.26 bits per heavy atom. The molecular formula is C12H11FN2O3S. The Labute approximate surface area is 109 Å². The van der Waals surface area contributed by atoms with Gasteiger partial charge in [0.05, 0.1) is 5.69 Å². The smallest absolute Gasteiger partial charge is 0.282 e. The molecule has 0 unspecified atom stereocenters. The second-order valence-corrected chi connectivity index (χ2v) is 5.46. The molecule has 2 rings (SSSR count). The second kappa shape index (κ2) is 4.85. The first-order valence-electron chi connectivity index (χ1n) is 5.34. The van der Waals surface area contributed by atoms with Crippen LogP contribution in [-0.2, 0) is 10.0 Å². The third-order valence-corrected chi connectivity index (χ3v) is 3.75. The van der Waals surface area contributed by atoms with Crippen LogP contribution in [-0.4, -0.2) is 18.5 Å². The number of sulfonamides is 1. The normalized spacial score (nSPS) is 11.3. The standard InChI is InChI=1S/C12H11FN2O3S/c1-8-4-2-6-10(16)11(8)15-19(17,18)12-9(13)5-3-7-14-12/h2-7,15-16H,1H3. The molecule has 5 nitrogen and oxygen atoms in total. The Balaban J connectivity index is 2.46. The fraction of sp³-hybridized carbons (Fsp3) is 0.0833. The zero-order chi connectivity index (χ0) is 14.0. The van der Waals surface area contributed by atoms with Crippen molar-refractivity contribution in [1.29, 1.82) is 0 Å². The van der Waals surface area contributed by atoms with Crippen molar-refractivity contribution in [2.24, 2.45) is 0 Å². The van der Waals surface area contributed by atoms with Crippen LogP contribution in [0.2, 0.25) is 0 Å². The van der Waals surface area contributed by atoms with Crippen LogP contribution in [0.5, 0.6) is 5.75 Å². The molecule has 0 radical (unpaired) electrons. The number of aromatic nitrogens is 1. The third-order valence-electron chi connectivity index (χ3n) is 2.47. The van der Waals surface area contributed by atoms with Gasteiger partial charge in [-0.2, -0.15) is 8.42 Å². The number of nitrogens with zero attached hydrogens (tertiary/aromatic N) is 1. The SMILES string of the molecule is Cc1cccc(O)c1NS(=O)(=O)c1ncccc1F. The largest absolute Gasteiger partial charge is 0.506 e. The minimum atomic E-state index is -4.19. The number of para-hydroxylation sites is 1. The van der Waals surface area contributed by atoms with Gasteiger partial charge in [-0.15, -0.1) is 0 Å². The van der Waals surface area contributed by atoms with Gasteiger partial charge in [-0.25, -0.2) is 9.37 Å². The van der Waals surface area contributed by atoms with Crippen LogP contribution in [0.4, 0.5) is 10.1 Å². The highest BCUT2D eigenvalue weighted by molar-refractivity contribution is 7.92. The first-order chi connectivity index (χ1) is 8.92. The summed E-state index contributed by atoms with van der Waals surface area (Å²) in [5, 5.41) is 8.92. The molecule has 0 atom stereocenters. The second-order valence-electron chi connectivity index (χ2n) is 3.86. The van der Waals surface area contributed by atoms with Crippen LogP contribution in [0, 0.1) is 12.7 Å². The summed E-state index contributed by atoms with van der Waals surface area (Å²) in [6.07, 6.45) is 1.18. The zero-order valence-corrected chi connectivity index (χ0v) is 10.8. The lowest BCUT2D eigenvalue weighted by molar-refractivity contribution is 0.477. The molecule has 0 fully saturated rings. The van der Waals surface area contributed by atoms with Gasteiger partial charge in [-0.05, 0) is 30.7 Å². The van der Waals surface area contributed by atoms with E-state index >= 15 is 0 Å². The minimum Gasteiger partial charge on any atom is -0.506 e. The number of aryl methyl sites for hydroxylation is 1. The van der Waals surface area contributed by atoms with E-state index in [9.17, 15) is 17.9 Å². The summed E-state index contributed by atoms with van der Waals surface area (Å²) in [5.74, 6) is -1.19. The quantitative estimate of drug-likeness (QED) is 0.844. The number of hydrogen-bond acceptors (Lipinski definition) is 4. The van der Waals surface area contributed by atoms with Gasteiger partial charge in [0.1, 0.15) is 5.75 Å². The summed E-state index contributed by atoms with van der Waals surface area (Å²) in [6, 6.07) is 6.81. The van der Waals surface area contributed by atoms with Gasteiger partial charge in [0.25, 0.3) is 10.0 Å². The predicted molar refractivity (Wildman–Crippen MR) is 67.8 cm³/mol. The van der Waals surface area contributed by atoms with E-state index in [0.29, 0.717) is 5.56 Å². The summed E-state index contributed by atoms with van der Waals surface area (Å²) in [5.41, 5.74) is 0.521. The van der Waals surface area contributed by atoms with E-state index in [2.05, 4.69) is 9.71 Å². The summed E-state index contributed by atoms with van der Waals surface area (Å²) in [7, 11) is -4.19. The van der Waals surface area contributed by atoms with E-state index in [-0.39, 0.29) is 11.4 Å². The summed E-state index contributed by atoms with van der Waals surface area (Å²) >= 11 is 0. The Bertz CT molecular complexity index is 696. The summed E-state index contributed by atoms with van der Waals surface area (Å²) in [6.45, 7) is 1.62. The van der Waals surface area contributed by atoms with Crippen molar-refractivity contribution >= 4 is 15.7 Å². The minimum absolute atomic E-state index is 0.00699. The Kier molecular flexibility index (Phi) is 3.39. The van der Waals surface area contributed by atoms with Gasteiger partial charge >= 0.3 is 0 Å². The lowest BCUT2D eigenvalue weighted by atomic mass is 10.2. The highest BCUT2D eigenvalue weighted by Crippen LogP contribution is 2.28. The maximum absolute atomic E-state index is 13.4. The topological polar surface area (TPSA) is 79.3 Å². The number of pyridine rings is 1. The third kappa shape index (κ3) is 2.65. The highest BCUT2D eigenvalue weighted by atomic mass is 32.2. The van der Waals surface area contributed by atoms with Crippen molar-refractivity contribution in [2.75, 3.05) is 4.72 Å². The van der Waals surface area contributed by atoms with Crippen molar-refractivity contribution < 1.29 is 17.9 Å². The van der Waals surface area contributed by atoms with Crippen molar-refractivity contribution in [3.05, 3.63) is 47.9 Å². The molecule has 1 aromatic carbocycles. The summed E-state index contributed by atoms with van der Waals surface area (Å²) in [4.78, 5) is 3.50. The number of hydrogen-bond donors (Lipinski definition) is 2. The van der Waals surface area contributed by atoms with Gasteiger partial charge in [0, 0.05) is 6.20 Å². The molecule has 0 saturated heterocycles. The number of aromatic hydroxyl groups is 1. The van der Waals surface area contributed by atoms with Crippen LogP contribution in [0.3, 0.4) is 0 Å². The average Bonchev–Trinajstić information content (AvgIpc) is 2.34. The zero-order valence-electron chi connectivity index (χ0n) is 9.96. The van der Waals surface area contributed by atoms with E-state index in [1.807, 2.05) is 0 Å². The van der Waals surface area contributed by atoms with Crippen LogP contribution >= 0.6 is 0 Å². The fourth-order valence-electron chi connectivity index (χ4n) is 1.54. The number of phenols is 1. The Hall–Kier alpha value is -2.15. The van der Waals surface area contributed by atoms with Crippen LogP contribution in [0.15, 0.2) is 41.6 Å². The van der Waals surface area contributed by atoms with Crippen molar-refractivity contribution in [2.45, 2.75) is 11.9 Å². The fourth-order valence-corrected chi connectivity index (χ4v) is 2.69. The molecule has 7 heteroatoms. The molecule has 0 spiro atoms. The van der Waals surface area contributed by atoms with Gasteiger partial charge in [0.15, 0.2) is 5.82 Å². The molecule has 0 aliphatic heterocycles. The average molecular weight is 282 g/mol. The highest BCUT2D eigenvalue weighted by Gasteiger charge is 2.22. The molecule has 0 amide bonds. The number of phenolic OH excluding ortho intramolecular Hbond substituents is 1. The number of anilines is 1. The van der Waals surface area contributed by atoms with Crippen molar-refractivity contribution in [1.82, 2.24) is 4.98 Å². The van der Waals surface area contributed by atoms with Crippen LogP contribution in [0.1, 0.15) is 5.56 Å². The molecule has 0 aliphatic carbocycles. The molecule has 1 heterocycles. The number of halogens is 1. The molecule has 19 heavy (non-hydrogen) atoms. The first kappa shape index (κ1) is 13.3. The van der Waals surface area contributed by atoms with Crippen LogP contribution in [0.25, 0.3) is 0 Å². The Morgan fingerprint density at radius 2 is 2.00 bits per heavy atom. The predicted octanol–water partition coefficient (Wildman–Crippen LogP) is 2.04. The van der Waals surface area contributed by atoms with E-state index in [1.54, 1.807) is 19.1 Å². The van der Waals surface area contributed by atoms with Gasteiger partial charge in [0.2, 0.25) is 5.03 Å². The number of nitrogens with one attached hydrogen (secondary N) is 1. The molecule has 0 bridgehead atoms. The van der Waals surface area contributed by atoms with E-state index in [0.717, 1.165) is 6.07 Å². The van der Waals surface area contributed by atoms with Crippen molar-refractivity contribution in [3.8, 4) is 5.75 Å². The van der Waals surface area contributed by atoms with Crippen LogP contribution < -0.4 is 4.72 Å². The molecule has 0 saturated carbocycles. The van der Waals surface area contributed by atoms with E-state index in [4.69, 9.17) is 0 Å². The molecule has 100 valence electrons. The number of rotatable bonds is 3. The number of benzene rings is 1. The molecule has 2 N–H and O–H groups in total. The van der Waals surface area contributed by atoms with Gasteiger partial charge in [-0.1, -0.05) is 12.1 Å². The molecular weight excluding hydrogens is 271 g/mol. The lowest BCUT2D eigenvalue weighted by Gasteiger charge is -2.11. The molecule has 0 aliphatic rings. The van der Waals surface area contributed by atoms with Gasteiger partial charge < -0.3 is 5.11 Å². The summed E-state index contributed by atoms with van der Waals surface area (Å²) < 4.78 is 39.6. The van der Waals surface area contributed by atoms with E-state index < -0.39 is 20.9 Å². The van der Waals surface area contributed by atoms with E-state index in [1.165, 1.54) is 18.3 Å². The maximum atomic E-state index is 13.4. The molecule has 1 aromatic heterocycles. The molecule has 2 aromatic rings. The maximum Gasteiger partial charge on any atom is 0.282 e. The van der Waals surface area contributed by atoms with Crippen molar-refractivity contribution in [3.63, 3.8) is 0 Å². The van der Waals surface area contributed by atoms with Gasteiger partial charge in [-0.3, -0.25) is 4.72 Å². The lowest BCUT2D eigenvalue weighted by Crippen LogP contribution is -2.16.